The summed E-state index contributed by atoms with van der Waals surface area (Å²) >= 11 is 0. The van der Waals surface area contributed by atoms with E-state index in [1.807, 2.05) is 13.8 Å². The van der Waals surface area contributed by atoms with E-state index in [0.717, 1.165) is 23.9 Å². The monoisotopic (exact) mass is 236 g/mol. The van der Waals surface area contributed by atoms with Crippen molar-refractivity contribution in [2.24, 2.45) is 5.92 Å². The number of hydrogen-bond donors (Lipinski definition) is 1. The van der Waals surface area contributed by atoms with Gasteiger partial charge in [-0.1, -0.05) is 24.4 Å². The summed E-state index contributed by atoms with van der Waals surface area (Å²) in [6, 6.07) is 0.601. The Morgan fingerprint density at radius 1 is 1.29 bits per heavy atom. The highest BCUT2D eigenvalue weighted by Gasteiger charge is 2.20. The van der Waals surface area contributed by atoms with E-state index in [-0.39, 0.29) is 0 Å². The van der Waals surface area contributed by atoms with Gasteiger partial charge in [-0.25, -0.2) is 0 Å². The van der Waals surface area contributed by atoms with Gasteiger partial charge in [-0.15, -0.1) is 0 Å². The van der Waals surface area contributed by atoms with E-state index in [0.29, 0.717) is 6.04 Å². The second-order valence-electron chi connectivity index (χ2n) is 5.37. The third-order valence-electron chi connectivity index (χ3n) is 4.14. The molecule has 3 heteroatoms. The van der Waals surface area contributed by atoms with Gasteiger partial charge in [0.15, 0.2) is 0 Å². The average Bonchev–Trinajstić information content (AvgIpc) is 2.67. The van der Waals surface area contributed by atoms with Gasteiger partial charge < -0.3 is 9.84 Å². The molecule has 1 heterocycles. The predicted molar refractivity (Wildman–Crippen MR) is 68.9 cm³/mol. The zero-order chi connectivity index (χ0) is 12.3. The number of hydrogen-bond acceptors (Lipinski definition) is 3. The molecule has 3 nitrogen and oxygen atoms in total. The number of rotatable bonds is 4. The van der Waals surface area contributed by atoms with Crippen LogP contribution in [0.25, 0.3) is 0 Å². The van der Waals surface area contributed by atoms with E-state index in [2.05, 4.69) is 17.4 Å². The SMILES string of the molecule is Cc1noc(C)c1CN[C@@H](C)C1CCCCC1. The fourth-order valence-electron chi connectivity index (χ4n) is 2.82. The third-order valence-corrected chi connectivity index (χ3v) is 4.14. The van der Waals surface area contributed by atoms with E-state index in [1.54, 1.807) is 0 Å². The Bertz CT molecular complexity index is 334. The molecule has 96 valence electrons. The van der Waals surface area contributed by atoms with Crippen molar-refractivity contribution in [1.29, 1.82) is 0 Å². The summed E-state index contributed by atoms with van der Waals surface area (Å²) in [4.78, 5) is 0. The van der Waals surface area contributed by atoms with Crippen LogP contribution >= 0.6 is 0 Å². The first-order valence-electron chi connectivity index (χ1n) is 6.83. The quantitative estimate of drug-likeness (QED) is 0.871. The third kappa shape index (κ3) is 3.09. The van der Waals surface area contributed by atoms with Gasteiger partial charge >= 0.3 is 0 Å². The van der Waals surface area contributed by atoms with E-state index >= 15 is 0 Å². The Labute approximate surface area is 104 Å². The summed E-state index contributed by atoms with van der Waals surface area (Å²) in [7, 11) is 0. The molecule has 1 atom stereocenters. The molecule has 0 spiro atoms. The van der Waals surface area contributed by atoms with Crippen molar-refractivity contribution in [1.82, 2.24) is 10.5 Å². The number of nitrogens with one attached hydrogen (secondary N) is 1. The van der Waals surface area contributed by atoms with Crippen molar-refractivity contribution in [2.75, 3.05) is 0 Å². The fourth-order valence-corrected chi connectivity index (χ4v) is 2.82. The number of nitrogens with zero attached hydrogens (tertiary/aromatic N) is 1. The van der Waals surface area contributed by atoms with Gasteiger partial charge in [0.1, 0.15) is 5.76 Å². The van der Waals surface area contributed by atoms with Crippen molar-refractivity contribution < 1.29 is 4.52 Å². The van der Waals surface area contributed by atoms with Crippen LogP contribution in [0.1, 0.15) is 56.0 Å². The molecule has 1 N–H and O–H groups in total. The molecular weight excluding hydrogens is 212 g/mol. The second kappa shape index (κ2) is 5.67. The highest BCUT2D eigenvalue weighted by molar-refractivity contribution is 5.20. The minimum absolute atomic E-state index is 0.601. The second-order valence-corrected chi connectivity index (χ2v) is 5.37. The van der Waals surface area contributed by atoms with E-state index in [9.17, 15) is 0 Å². The van der Waals surface area contributed by atoms with Gasteiger partial charge in [0, 0.05) is 18.2 Å². The van der Waals surface area contributed by atoms with E-state index < -0.39 is 0 Å². The molecule has 1 aromatic heterocycles. The molecule has 1 fully saturated rings. The van der Waals surface area contributed by atoms with E-state index in [4.69, 9.17) is 4.52 Å². The van der Waals surface area contributed by atoms with Gasteiger partial charge in [0.05, 0.1) is 5.69 Å². The molecule has 1 aromatic rings. The van der Waals surface area contributed by atoms with Crippen molar-refractivity contribution in [3.05, 3.63) is 17.0 Å². The smallest absolute Gasteiger partial charge is 0.138 e. The maximum atomic E-state index is 5.18. The van der Waals surface area contributed by atoms with Crippen molar-refractivity contribution >= 4 is 0 Å². The Kier molecular flexibility index (Phi) is 4.21. The topological polar surface area (TPSA) is 38.1 Å². The van der Waals surface area contributed by atoms with Crippen LogP contribution in [0.4, 0.5) is 0 Å². The maximum Gasteiger partial charge on any atom is 0.138 e. The molecule has 1 saturated carbocycles. The lowest BCUT2D eigenvalue weighted by Gasteiger charge is -2.28. The minimum Gasteiger partial charge on any atom is -0.361 e. The van der Waals surface area contributed by atoms with Crippen LogP contribution in [-0.2, 0) is 6.54 Å². The molecule has 0 saturated heterocycles. The van der Waals surface area contributed by atoms with Gasteiger partial charge in [-0.2, -0.15) is 0 Å². The molecule has 1 aliphatic carbocycles. The van der Waals surface area contributed by atoms with Crippen molar-refractivity contribution in [3.63, 3.8) is 0 Å². The largest absolute Gasteiger partial charge is 0.361 e. The van der Waals surface area contributed by atoms with Gasteiger partial charge in [-0.3, -0.25) is 0 Å². The predicted octanol–water partition coefficient (Wildman–Crippen LogP) is 3.35. The summed E-state index contributed by atoms with van der Waals surface area (Å²) in [5.41, 5.74) is 2.25. The Morgan fingerprint density at radius 2 is 2.00 bits per heavy atom. The zero-order valence-electron chi connectivity index (χ0n) is 11.3. The first-order valence-corrected chi connectivity index (χ1v) is 6.83. The Balaban J connectivity index is 1.85. The molecule has 0 amide bonds. The van der Waals surface area contributed by atoms with Crippen LogP contribution in [0, 0.1) is 19.8 Å². The molecule has 0 radical (unpaired) electrons. The van der Waals surface area contributed by atoms with Crippen molar-refractivity contribution in [2.45, 2.75) is 65.5 Å². The van der Waals surface area contributed by atoms with Crippen LogP contribution in [-0.4, -0.2) is 11.2 Å². The van der Waals surface area contributed by atoms with Crippen LogP contribution in [0.2, 0.25) is 0 Å². The molecule has 1 aliphatic rings. The van der Waals surface area contributed by atoms with Gasteiger partial charge in [0.2, 0.25) is 0 Å². The molecule has 17 heavy (non-hydrogen) atoms. The lowest BCUT2D eigenvalue weighted by molar-refractivity contribution is 0.280. The molecule has 0 bridgehead atoms. The summed E-state index contributed by atoms with van der Waals surface area (Å²) in [5.74, 6) is 1.80. The number of aromatic nitrogens is 1. The normalized spacial score (nSPS) is 19.5. The number of aryl methyl sites for hydroxylation is 2. The van der Waals surface area contributed by atoms with Gasteiger partial charge in [-0.05, 0) is 39.5 Å². The molecule has 2 rings (SSSR count). The molecular formula is C14H24N2O. The average molecular weight is 236 g/mol. The summed E-state index contributed by atoms with van der Waals surface area (Å²) in [6.07, 6.45) is 7.00. The zero-order valence-corrected chi connectivity index (χ0v) is 11.3. The van der Waals surface area contributed by atoms with E-state index in [1.165, 1.54) is 37.7 Å². The lowest BCUT2D eigenvalue weighted by Crippen LogP contribution is -2.34. The molecule has 0 aliphatic heterocycles. The highest BCUT2D eigenvalue weighted by Crippen LogP contribution is 2.26. The summed E-state index contributed by atoms with van der Waals surface area (Å²) in [6.45, 7) is 7.20. The van der Waals surface area contributed by atoms with Crippen LogP contribution in [0.3, 0.4) is 0 Å². The van der Waals surface area contributed by atoms with Crippen LogP contribution < -0.4 is 5.32 Å². The van der Waals surface area contributed by atoms with Gasteiger partial charge in [0.25, 0.3) is 0 Å². The minimum atomic E-state index is 0.601. The lowest BCUT2D eigenvalue weighted by atomic mass is 9.84. The van der Waals surface area contributed by atoms with Crippen LogP contribution in [0.5, 0.6) is 0 Å². The Hall–Kier alpha value is -0.830. The first kappa shape index (κ1) is 12.6. The first-order chi connectivity index (χ1) is 8.18. The standard InChI is InChI=1S/C14H24N2O/c1-10(13-7-5-4-6-8-13)15-9-14-11(2)16-17-12(14)3/h10,13,15H,4-9H2,1-3H3/t10-/m0/s1. The summed E-state index contributed by atoms with van der Waals surface area (Å²) < 4.78 is 5.18. The Morgan fingerprint density at radius 3 is 2.59 bits per heavy atom. The highest BCUT2D eigenvalue weighted by atomic mass is 16.5. The maximum absolute atomic E-state index is 5.18. The van der Waals surface area contributed by atoms with Crippen molar-refractivity contribution in [3.8, 4) is 0 Å². The van der Waals surface area contributed by atoms with Crippen LogP contribution in [0.15, 0.2) is 4.52 Å². The molecule has 0 unspecified atom stereocenters. The summed E-state index contributed by atoms with van der Waals surface area (Å²) in [5, 5.41) is 7.63. The molecule has 0 aromatic carbocycles. The fraction of sp³-hybridized carbons (Fsp3) is 0.786.